The first-order chi connectivity index (χ1) is 35.0. The topological polar surface area (TPSA) is 78.9 Å². The van der Waals surface area contributed by atoms with Gasteiger partial charge in [-0.05, 0) is 51.4 Å². The lowest BCUT2D eigenvalue weighted by atomic mass is 10.0. The summed E-state index contributed by atoms with van der Waals surface area (Å²) in [5.41, 5.74) is 0. The molecule has 1 atom stereocenters. The molecule has 0 heterocycles. The Kier molecular flexibility index (Phi) is 58.6. The molecule has 0 amide bonds. The van der Waals surface area contributed by atoms with Gasteiger partial charge in [-0.3, -0.25) is 14.4 Å². The van der Waals surface area contributed by atoms with E-state index in [4.69, 9.17) is 14.2 Å². The molecule has 71 heavy (non-hydrogen) atoms. The van der Waals surface area contributed by atoms with Crippen LogP contribution in [0.5, 0.6) is 0 Å². The molecule has 0 fully saturated rings. The smallest absolute Gasteiger partial charge is 0.306 e. The highest BCUT2D eigenvalue weighted by Gasteiger charge is 2.19. The van der Waals surface area contributed by atoms with Crippen molar-refractivity contribution in [3.05, 3.63) is 24.3 Å². The van der Waals surface area contributed by atoms with Crippen molar-refractivity contribution in [2.75, 3.05) is 13.2 Å². The Bertz CT molecular complexity index is 1150. The Labute approximate surface area is 443 Å². The third kappa shape index (κ3) is 58.7. The van der Waals surface area contributed by atoms with Crippen LogP contribution >= 0.6 is 0 Å². The number of esters is 3. The van der Waals surface area contributed by atoms with Gasteiger partial charge < -0.3 is 14.2 Å². The number of ether oxygens (including phenoxy) is 3. The second-order valence-electron chi connectivity index (χ2n) is 21.7. The van der Waals surface area contributed by atoms with Crippen LogP contribution < -0.4 is 0 Å². The lowest BCUT2D eigenvalue weighted by Gasteiger charge is -2.18. The lowest BCUT2D eigenvalue weighted by molar-refractivity contribution is -0.167. The number of rotatable bonds is 59. The summed E-state index contributed by atoms with van der Waals surface area (Å²) >= 11 is 0. The number of allylic oxidation sites excluding steroid dienone is 4. The van der Waals surface area contributed by atoms with Crippen LogP contribution in [0.2, 0.25) is 0 Å². The minimum Gasteiger partial charge on any atom is -0.462 e. The van der Waals surface area contributed by atoms with Gasteiger partial charge in [0.2, 0.25) is 0 Å². The lowest BCUT2D eigenvalue weighted by Crippen LogP contribution is -2.30. The summed E-state index contributed by atoms with van der Waals surface area (Å²) in [6, 6.07) is 0. The second kappa shape index (κ2) is 60.4. The van der Waals surface area contributed by atoms with E-state index in [2.05, 4.69) is 45.1 Å². The summed E-state index contributed by atoms with van der Waals surface area (Å²) < 4.78 is 16.9. The minimum atomic E-state index is -0.771. The molecular formula is C65H122O6. The van der Waals surface area contributed by atoms with Gasteiger partial charge in [-0.1, -0.05) is 308 Å². The summed E-state index contributed by atoms with van der Waals surface area (Å²) in [6.07, 6.45) is 71.8. The summed E-state index contributed by atoms with van der Waals surface area (Å²) in [4.78, 5) is 38.3. The van der Waals surface area contributed by atoms with E-state index in [0.29, 0.717) is 19.3 Å². The number of hydrogen-bond donors (Lipinski definition) is 0. The van der Waals surface area contributed by atoms with Crippen LogP contribution in [0.3, 0.4) is 0 Å². The summed E-state index contributed by atoms with van der Waals surface area (Å²) in [7, 11) is 0. The first-order valence-electron chi connectivity index (χ1n) is 31.8. The number of carbonyl (C=O) groups excluding carboxylic acids is 3. The average Bonchev–Trinajstić information content (AvgIpc) is 3.37. The zero-order valence-electron chi connectivity index (χ0n) is 48.0. The maximum atomic E-state index is 12.9. The molecule has 0 N–H and O–H groups in total. The fourth-order valence-corrected chi connectivity index (χ4v) is 9.65. The number of carbonyl (C=O) groups is 3. The van der Waals surface area contributed by atoms with Crippen molar-refractivity contribution in [3.8, 4) is 0 Å². The molecule has 0 radical (unpaired) electrons. The molecule has 0 rings (SSSR count). The standard InChI is InChI=1S/C65H122O6/c1-4-7-10-13-16-19-22-25-28-31-32-33-35-37-40-43-46-49-52-55-58-64(67)70-61-62(60-69-63(66)57-54-51-48-45-42-39-36-30-27-24-21-18-15-12-9-6-3)71-65(68)59-56-53-50-47-44-41-38-34-29-26-23-20-17-14-11-8-5-2/h17,20,26,29,62H,4-16,18-19,21-25,27-28,30-61H2,1-3H3/b20-17-,29-26-. The molecule has 6 nitrogen and oxygen atoms in total. The summed E-state index contributed by atoms with van der Waals surface area (Å²) in [6.45, 7) is 6.68. The van der Waals surface area contributed by atoms with Crippen molar-refractivity contribution >= 4 is 17.9 Å². The molecule has 0 bridgehead atoms. The van der Waals surface area contributed by atoms with Gasteiger partial charge in [-0.2, -0.15) is 0 Å². The molecule has 0 aliphatic carbocycles. The van der Waals surface area contributed by atoms with Gasteiger partial charge in [0, 0.05) is 19.3 Å². The first kappa shape index (κ1) is 68.9. The Balaban J connectivity index is 4.31. The second-order valence-corrected chi connectivity index (χ2v) is 21.7. The largest absolute Gasteiger partial charge is 0.462 e. The molecular weight excluding hydrogens is 877 g/mol. The third-order valence-electron chi connectivity index (χ3n) is 14.5. The maximum absolute atomic E-state index is 12.9. The predicted octanol–water partition coefficient (Wildman–Crippen LogP) is 21.4. The Morgan fingerprint density at radius 3 is 0.803 bits per heavy atom. The molecule has 0 aliphatic rings. The Hall–Kier alpha value is -2.11. The van der Waals surface area contributed by atoms with E-state index in [1.807, 2.05) is 0 Å². The maximum Gasteiger partial charge on any atom is 0.306 e. The number of hydrogen-bond acceptors (Lipinski definition) is 6. The van der Waals surface area contributed by atoms with Gasteiger partial charge in [0.1, 0.15) is 13.2 Å². The van der Waals surface area contributed by atoms with Gasteiger partial charge in [0.05, 0.1) is 0 Å². The zero-order chi connectivity index (χ0) is 51.4. The summed E-state index contributed by atoms with van der Waals surface area (Å²) in [5, 5.41) is 0. The van der Waals surface area contributed by atoms with Crippen LogP contribution in [0.1, 0.15) is 355 Å². The van der Waals surface area contributed by atoms with E-state index in [1.165, 1.54) is 244 Å². The van der Waals surface area contributed by atoms with Gasteiger partial charge in [-0.15, -0.1) is 0 Å². The van der Waals surface area contributed by atoms with Crippen molar-refractivity contribution < 1.29 is 28.6 Å². The van der Waals surface area contributed by atoms with Gasteiger partial charge in [-0.25, -0.2) is 0 Å². The van der Waals surface area contributed by atoms with E-state index < -0.39 is 6.10 Å². The molecule has 0 aromatic rings. The molecule has 0 spiro atoms. The fourth-order valence-electron chi connectivity index (χ4n) is 9.65. The highest BCUT2D eigenvalue weighted by molar-refractivity contribution is 5.71. The quantitative estimate of drug-likeness (QED) is 0.0261. The van der Waals surface area contributed by atoms with Crippen LogP contribution in [0.15, 0.2) is 24.3 Å². The van der Waals surface area contributed by atoms with Crippen molar-refractivity contribution in [2.45, 2.75) is 361 Å². The first-order valence-corrected chi connectivity index (χ1v) is 31.8. The molecule has 1 unspecified atom stereocenters. The van der Waals surface area contributed by atoms with Crippen LogP contribution in [0.4, 0.5) is 0 Å². The van der Waals surface area contributed by atoms with E-state index in [0.717, 1.165) is 70.6 Å². The monoisotopic (exact) mass is 999 g/mol. The predicted molar refractivity (Wildman–Crippen MR) is 307 cm³/mol. The average molecular weight is 1000 g/mol. The molecule has 0 aliphatic heterocycles. The van der Waals surface area contributed by atoms with Crippen LogP contribution in [-0.2, 0) is 28.6 Å². The summed E-state index contributed by atoms with van der Waals surface area (Å²) in [5.74, 6) is -0.848. The normalized spacial score (nSPS) is 12.1. The van der Waals surface area contributed by atoms with Crippen LogP contribution in [0, 0.1) is 0 Å². The molecule has 6 heteroatoms. The number of unbranched alkanes of at least 4 members (excludes halogenated alkanes) is 44. The molecule has 418 valence electrons. The highest BCUT2D eigenvalue weighted by atomic mass is 16.6. The van der Waals surface area contributed by atoms with E-state index in [9.17, 15) is 14.4 Å². The van der Waals surface area contributed by atoms with Gasteiger partial charge in [0.15, 0.2) is 6.10 Å². The highest BCUT2D eigenvalue weighted by Crippen LogP contribution is 2.18. The Morgan fingerprint density at radius 1 is 0.282 bits per heavy atom. The zero-order valence-corrected chi connectivity index (χ0v) is 48.0. The van der Waals surface area contributed by atoms with E-state index >= 15 is 0 Å². The van der Waals surface area contributed by atoms with E-state index in [-0.39, 0.29) is 31.1 Å². The Morgan fingerprint density at radius 2 is 0.507 bits per heavy atom. The van der Waals surface area contributed by atoms with Crippen molar-refractivity contribution in [1.82, 2.24) is 0 Å². The third-order valence-corrected chi connectivity index (χ3v) is 14.5. The van der Waals surface area contributed by atoms with E-state index in [1.54, 1.807) is 0 Å². The fraction of sp³-hybridized carbons (Fsp3) is 0.892. The minimum absolute atomic E-state index is 0.0684. The molecule has 0 aromatic heterocycles. The van der Waals surface area contributed by atoms with Crippen molar-refractivity contribution in [2.24, 2.45) is 0 Å². The van der Waals surface area contributed by atoms with Crippen molar-refractivity contribution in [3.63, 3.8) is 0 Å². The van der Waals surface area contributed by atoms with Crippen molar-refractivity contribution in [1.29, 1.82) is 0 Å². The molecule has 0 saturated heterocycles. The molecule has 0 saturated carbocycles. The SMILES string of the molecule is CCCCC/C=C\C/C=C\CCCCCCCCCC(=O)OC(COC(=O)CCCCCCCCCCCCCCCCCC)COC(=O)CCCCCCCCCCCCCCCCCCCCCC. The van der Waals surface area contributed by atoms with Gasteiger partial charge >= 0.3 is 17.9 Å². The van der Waals surface area contributed by atoms with Gasteiger partial charge in [0.25, 0.3) is 0 Å². The molecule has 0 aromatic carbocycles. The van der Waals surface area contributed by atoms with Crippen LogP contribution in [0.25, 0.3) is 0 Å². The van der Waals surface area contributed by atoms with Crippen LogP contribution in [-0.4, -0.2) is 37.2 Å².